The van der Waals surface area contributed by atoms with E-state index in [-0.39, 0.29) is 5.56 Å². The van der Waals surface area contributed by atoms with E-state index in [2.05, 4.69) is 25.9 Å². The van der Waals surface area contributed by atoms with Gasteiger partial charge in [0.1, 0.15) is 0 Å². The molecule has 1 heterocycles. The zero-order valence-corrected chi connectivity index (χ0v) is 17.4. The molecule has 0 radical (unpaired) electrons. The summed E-state index contributed by atoms with van der Waals surface area (Å²) in [7, 11) is 1.58. The number of H-pyrrole nitrogens is 1. The number of hydrogen-bond donors (Lipinski definition) is 1. The molecule has 0 aliphatic rings. The van der Waals surface area contributed by atoms with E-state index < -0.39 is 0 Å². The number of halogens is 2. The fourth-order valence-electron chi connectivity index (χ4n) is 2.77. The summed E-state index contributed by atoms with van der Waals surface area (Å²) in [5, 5.41) is 0.853. The molecule has 1 N–H and O–H groups in total. The molecule has 140 valence electrons. The maximum atomic E-state index is 12.4. The van der Waals surface area contributed by atoms with Crippen LogP contribution in [0, 0.1) is 6.92 Å². The zero-order chi connectivity index (χ0) is 19.6. The number of hydrogen-bond acceptors (Lipinski definition) is 4. The Balaban J connectivity index is 2.09. The van der Waals surface area contributed by atoms with Gasteiger partial charge >= 0.3 is 0 Å². The Morgan fingerprint density at radius 2 is 2.15 bits per heavy atom. The van der Waals surface area contributed by atoms with Gasteiger partial charge in [-0.3, -0.25) is 4.79 Å². The van der Waals surface area contributed by atoms with Crippen molar-refractivity contribution >= 4 is 49.5 Å². The second-order valence-electron chi connectivity index (χ2n) is 5.85. The number of nitrogens with one attached hydrogen (secondary N) is 1. The van der Waals surface area contributed by atoms with Crippen molar-refractivity contribution in [1.82, 2.24) is 9.97 Å². The Bertz CT molecular complexity index is 1090. The van der Waals surface area contributed by atoms with Crippen LogP contribution in [0.2, 0.25) is 0 Å². The van der Waals surface area contributed by atoms with E-state index in [0.29, 0.717) is 39.9 Å². The van der Waals surface area contributed by atoms with E-state index in [1.165, 1.54) is 0 Å². The van der Waals surface area contributed by atoms with E-state index in [1.54, 1.807) is 19.3 Å². The molecule has 3 rings (SSSR count). The lowest BCUT2D eigenvalue weighted by Crippen LogP contribution is -2.11. The summed E-state index contributed by atoms with van der Waals surface area (Å²) >= 11 is 9.94. The van der Waals surface area contributed by atoms with Gasteiger partial charge in [-0.25, -0.2) is 4.98 Å². The van der Waals surface area contributed by atoms with Crippen molar-refractivity contribution in [2.24, 2.45) is 0 Å². The molecule has 27 heavy (non-hydrogen) atoms. The normalized spacial score (nSPS) is 11.7. The number of benzene rings is 2. The van der Waals surface area contributed by atoms with Gasteiger partial charge in [0.15, 0.2) is 17.3 Å². The first-order chi connectivity index (χ1) is 12.9. The molecule has 0 atom stereocenters. The van der Waals surface area contributed by atoms with Crippen molar-refractivity contribution in [2.75, 3.05) is 13.7 Å². The highest BCUT2D eigenvalue weighted by Crippen LogP contribution is 2.37. The van der Waals surface area contributed by atoms with Crippen LogP contribution in [-0.2, 0) is 0 Å². The number of rotatable bonds is 5. The smallest absolute Gasteiger partial charge is 0.259 e. The van der Waals surface area contributed by atoms with E-state index >= 15 is 0 Å². The van der Waals surface area contributed by atoms with Crippen molar-refractivity contribution in [3.8, 4) is 11.5 Å². The van der Waals surface area contributed by atoms with Crippen molar-refractivity contribution in [3.05, 3.63) is 62.1 Å². The summed E-state index contributed by atoms with van der Waals surface area (Å²) in [4.78, 5) is 19.6. The number of fused-ring (bicyclic) bond motifs is 1. The molecule has 0 aliphatic heterocycles. The summed E-state index contributed by atoms with van der Waals surface area (Å²) in [5.74, 6) is 1.52. The fourth-order valence-corrected chi connectivity index (χ4v) is 3.60. The van der Waals surface area contributed by atoms with Gasteiger partial charge in [-0.15, -0.1) is 0 Å². The number of aryl methyl sites for hydroxylation is 1. The topological polar surface area (TPSA) is 64.2 Å². The minimum absolute atomic E-state index is 0.226. The quantitative estimate of drug-likeness (QED) is 0.586. The van der Waals surface area contributed by atoms with Crippen molar-refractivity contribution in [1.29, 1.82) is 0 Å². The van der Waals surface area contributed by atoms with Crippen molar-refractivity contribution < 1.29 is 9.47 Å². The van der Waals surface area contributed by atoms with Gasteiger partial charge in [0.2, 0.25) is 0 Å². The number of ether oxygens (including phenoxy) is 2. The molecule has 0 aliphatic carbocycles. The maximum Gasteiger partial charge on any atom is 0.259 e. The Morgan fingerprint density at radius 1 is 1.37 bits per heavy atom. The third-order valence-electron chi connectivity index (χ3n) is 3.99. The summed E-state index contributed by atoms with van der Waals surface area (Å²) in [6.07, 6.45) is 1.72. The van der Waals surface area contributed by atoms with Crippen molar-refractivity contribution in [2.45, 2.75) is 13.8 Å². The molecule has 2 aromatic carbocycles. The van der Waals surface area contributed by atoms with Gasteiger partial charge in [0, 0.05) is 0 Å². The molecular weight excluding hydrogens is 432 g/mol. The molecule has 3 aromatic rings. The highest BCUT2D eigenvalue weighted by molar-refractivity contribution is 9.10. The maximum absolute atomic E-state index is 12.4. The molecule has 0 bridgehead atoms. The van der Waals surface area contributed by atoms with Gasteiger partial charge in [-0.2, -0.15) is 0 Å². The van der Waals surface area contributed by atoms with E-state index in [0.717, 1.165) is 15.6 Å². The van der Waals surface area contributed by atoms with E-state index in [9.17, 15) is 4.79 Å². The number of nitrogens with zero attached hydrogens (tertiary/aromatic N) is 1. The minimum atomic E-state index is -0.226. The molecule has 0 spiro atoms. The summed E-state index contributed by atoms with van der Waals surface area (Å²) in [6, 6.07) is 9.15. The molecule has 0 saturated carbocycles. The lowest BCUT2D eigenvalue weighted by molar-refractivity contribution is 0.310. The predicted octanol–water partition coefficient (Wildman–Crippen LogP) is 5.14. The highest BCUT2D eigenvalue weighted by atomic mass is 79.9. The lowest BCUT2D eigenvalue weighted by atomic mass is 10.1. The molecule has 0 amide bonds. The second-order valence-corrected chi connectivity index (χ2v) is 7.11. The Morgan fingerprint density at radius 3 is 2.85 bits per heavy atom. The van der Waals surface area contributed by atoms with Gasteiger partial charge in [-0.1, -0.05) is 23.7 Å². The molecule has 7 heteroatoms. The summed E-state index contributed by atoms with van der Waals surface area (Å²) < 4.78 is 11.7. The van der Waals surface area contributed by atoms with Crippen LogP contribution in [0.4, 0.5) is 0 Å². The number of aromatic nitrogens is 2. The van der Waals surface area contributed by atoms with Gasteiger partial charge < -0.3 is 14.5 Å². The van der Waals surface area contributed by atoms with Crippen LogP contribution in [0.25, 0.3) is 22.0 Å². The molecule has 0 fully saturated rings. The van der Waals surface area contributed by atoms with Gasteiger partial charge in [-0.05, 0) is 65.2 Å². The van der Waals surface area contributed by atoms with Crippen LogP contribution in [0.3, 0.4) is 0 Å². The molecule has 0 unspecified atom stereocenters. The van der Waals surface area contributed by atoms with Crippen LogP contribution >= 0.6 is 27.5 Å². The predicted molar refractivity (Wildman–Crippen MR) is 113 cm³/mol. The fraction of sp³-hybridized carbons (Fsp3) is 0.200. The number of aromatic amines is 1. The minimum Gasteiger partial charge on any atom is -0.492 e. The molecule has 5 nitrogen and oxygen atoms in total. The summed E-state index contributed by atoms with van der Waals surface area (Å²) in [5.41, 5.74) is 2.10. The van der Waals surface area contributed by atoms with Crippen LogP contribution in [0.1, 0.15) is 23.9 Å². The molecule has 1 aromatic heterocycles. The van der Waals surface area contributed by atoms with E-state index in [1.807, 2.05) is 38.1 Å². The average molecular weight is 450 g/mol. The van der Waals surface area contributed by atoms with E-state index in [4.69, 9.17) is 21.1 Å². The Labute approximate surface area is 170 Å². The largest absolute Gasteiger partial charge is 0.492 e. The van der Waals surface area contributed by atoms with Gasteiger partial charge in [0.25, 0.3) is 5.56 Å². The Kier molecular flexibility index (Phi) is 5.87. The number of para-hydroxylation sites is 1. The standard InChI is InChI=1S/C20H18BrClN2O3/c1-4-27-16-10-12(8-14(21)18(16)26-3)9-15(22)19-23-17-11(2)6-5-7-13(17)20(25)24-19/h5-10H,4H2,1-3H3,(H,23,24,25)/b15-9-. The monoisotopic (exact) mass is 448 g/mol. The third kappa shape index (κ3) is 4.01. The Hall–Kier alpha value is -2.31. The van der Waals surface area contributed by atoms with Crippen molar-refractivity contribution in [3.63, 3.8) is 0 Å². The SMILES string of the molecule is CCOc1cc(/C=C(\Cl)c2nc3c(C)cccc3c(=O)[nH]2)cc(Br)c1OC. The van der Waals surface area contributed by atoms with Crippen LogP contribution < -0.4 is 15.0 Å². The first kappa shape index (κ1) is 19.5. The number of methoxy groups -OCH3 is 1. The average Bonchev–Trinajstić information content (AvgIpc) is 2.62. The van der Waals surface area contributed by atoms with Gasteiger partial charge in [0.05, 0.1) is 34.1 Å². The van der Waals surface area contributed by atoms with Crippen LogP contribution in [0.5, 0.6) is 11.5 Å². The lowest BCUT2D eigenvalue weighted by Gasteiger charge is -2.12. The second kappa shape index (κ2) is 8.15. The molecule has 0 saturated heterocycles. The van der Waals surface area contributed by atoms with Crippen LogP contribution in [0.15, 0.2) is 39.6 Å². The first-order valence-electron chi connectivity index (χ1n) is 8.32. The molecular formula is C20H18BrClN2O3. The zero-order valence-electron chi connectivity index (χ0n) is 15.1. The summed E-state index contributed by atoms with van der Waals surface area (Å²) in [6.45, 7) is 4.31. The first-order valence-corrected chi connectivity index (χ1v) is 9.49. The van der Waals surface area contributed by atoms with Crippen LogP contribution in [-0.4, -0.2) is 23.7 Å². The highest BCUT2D eigenvalue weighted by Gasteiger charge is 2.12. The third-order valence-corrected chi connectivity index (χ3v) is 4.87.